The third kappa shape index (κ3) is 3.11. The number of allylic oxidation sites excluding steroid dienone is 1. The van der Waals surface area contributed by atoms with Gasteiger partial charge >= 0.3 is 6.09 Å². The number of carbonyl (C=O) groups excluding carboxylic acids is 1. The van der Waals surface area contributed by atoms with Gasteiger partial charge in [0.15, 0.2) is 0 Å². The Balaban J connectivity index is 1.81. The first kappa shape index (κ1) is 16.0. The standard InChI is InChI=1S/C18H22FNO3/c1-17(2,3)23-16(21)20-13-4-5-14-12(10-13)11-15(19)18(14)6-8-22-9-7-18/h4-5,10-11H,6-9H2,1-3H3,(H,20,21). The van der Waals surface area contributed by atoms with Crippen molar-refractivity contribution in [3.8, 4) is 0 Å². The molecule has 2 aliphatic rings. The molecule has 5 heteroatoms. The molecule has 1 fully saturated rings. The summed E-state index contributed by atoms with van der Waals surface area (Å²) in [5.74, 6) is -0.106. The second-order valence-electron chi connectivity index (χ2n) is 7.12. The van der Waals surface area contributed by atoms with Crippen molar-refractivity contribution in [3.05, 3.63) is 35.2 Å². The highest BCUT2D eigenvalue weighted by Crippen LogP contribution is 2.49. The minimum atomic E-state index is -0.557. The Bertz CT molecular complexity index is 655. The zero-order valence-electron chi connectivity index (χ0n) is 13.7. The molecular weight excluding hydrogens is 297 g/mol. The van der Waals surface area contributed by atoms with Gasteiger partial charge in [-0.3, -0.25) is 5.32 Å². The van der Waals surface area contributed by atoms with E-state index in [0.29, 0.717) is 31.7 Å². The first-order chi connectivity index (χ1) is 10.8. The Hall–Kier alpha value is -1.88. The summed E-state index contributed by atoms with van der Waals surface area (Å²) in [6.07, 6.45) is 2.36. The van der Waals surface area contributed by atoms with Crippen LogP contribution in [0.2, 0.25) is 0 Å². The Labute approximate surface area is 135 Å². The molecule has 1 aliphatic heterocycles. The normalized spacial score (nSPS) is 19.2. The predicted molar refractivity (Wildman–Crippen MR) is 87.1 cm³/mol. The largest absolute Gasteiger partial charge is 0.444 e. The number of anilines is 1. The van der Waals surface area contributed by atoms with Crippen molar-refractivity contribution in [2.24, 2.45) is 0 Å². The van der Waals surface area contributed by atoms with Crippen LogP contribution in [0.3, 0.4) is 0 Å². The van der Waals surface area contributed by atoms with Crippen LogP contribution in [0.5, 0.6) is 0 Å². The summed E-state index contributed by atoms with van der Waals surface area (Å²) in [5, 5.41) is 2.70. The molecule has 0 saturated carbocycles. The molecule has 1 heterocycles. The second kappa shape index (κ2) is 5.64. The van der Waals surface area contributed by atoms with E-state index in [9.17, 15) is 9.18 Å². The van der Waals surface area contributed by atoms with Gasteiger partial charge in [0.1, 0.15) is 11.4 Å². The summed E-state index contributed by atoms with van der Waals surface area (Å²) in [7, 11) is 0. The average Bonchev–Trinajstić information content (AvgIpc) is 2.70. The van der Waals surface area contributed by atoms with Crippen LogP contribution < -0.4 is 5.32 Å². The molecule has 0 aromatic heterocycles. The molecule has 0 atom stereocenters. The first-order valence-electron chi connectivity index (χ1n) is 7.90. The summed E-state index contributed by atoms with van der Waals surface area (Å²) < 4.78 is 25.2. The number of halogens is 1. The number of carbonyl (C=O) groups is 1. The summed E-state index contributed by atoms with van der Waals surface area (Å²) in [6, 6.07) is 5.49. The maximum atomic E-state index is 14.6. The summed E-state index contributed by atoms with van der Waals surface area (Å²) in [4.78, 5) is 11.8. The molecule has 124 valence electrons. The Morgan fingerprint density at radius 3 is 2.65 bits per heavy atom. The molecule has 1 saturated heterocycles. The number of rotatable bonds is 1. The van der Waals surface area contributed by atoms with Gasteiger partial charge in [0.25, 0.3) is 0 Å². The average molecular weight is 319 g/mol. The number of benzene rings is 1. The van der Waals surface area contributed by atoms with Crippen molar-refractivity contribution >= 4 is 17.9 Å². The number of fused-ring (bicyclic) bond motifs is 2. The quantitative estimate of drug-likeness (QED) is 0.834. The highest BCUT2D eigenvalue weighted by molar-refractivity contribution is 5.86. The van der Waals surface area contributed by atoms with Gasteiger partial charge in [0.2, 0.25) is 0 Å². The van der Waals surface area contributed by atoms with Crippen LogP contribution in [0, 0.1) is 0 Å². The third-order valence-electron chi connectivity index (χ3n) is 4.30. The first-order valence-corrected chi connectivity index (χ1v) is 7.90. The van der Waals surface area contributed by atoms with E-state index in [-0.39, 0.29) is 5.83 Å². The van der Waals surface area contributed by atoms with Crippen LogP contribution in [0.1, 0.15) is 44.7 Å². The minimum Gasteiger partial charge on any atom is -0.444 e. The second-order valence-corrected chi connectivity index (χ2v) is 7.12. The molecule has 0 radical (unpaired) electrons. The molecule has 1 N–H and O–H groups in total. The van der Waals surface area contributed by atoms with Crippen molar-refractivity contribution in [3.63, 3.8) is 0 Å². The number of amides is 1. The van der Waals surface area contributed by atoms with E-state index in [0.717, 1.165) is 11.1 Å². The van der Waals surface area contributed by atoms with Gasteiger partial charge in [-0.2, -0.15) is 0 Å². The molecule has 1 aliphatic carbocycles. The smallest absolute Gasteiger partial charge is 0.412 e. The Morgan fingerprint density at radius 1 is 1.30 bits per heavy atom. The van der Waals surface area contributed by atoms with Crippen molar-refractivity contribution < 1.29 is 18.7 Å². The van der Waals surface area contributed by atoms with Crippen LogP contribution in [0.4, 0.5) is 14.9 Å². The van der Waals surface area contributed by atoms with E-state index in [4.69, 9.17) is 9.47 Å². The van der Waals surface area contributed by atoms with Crippen molar-refractivity contribution in [1.29, 1.82) is 0 Å². The number of ether oxygens (including phenoxy) is 2. The fraction of sp³-hybridized carbons (Fsp3) is 0.500. The van der Waals surface area contributed by atoms with Gasteiger partial charge in [0, 0.05) is 18.9 Å². The molecule has 4 nitrogen and oxygen atoms in total. The van der Waals surface area contributed by atoms with Crippen LogP contribution in [0.15, 0.2) is 24.0 Å². The van der Waals surface area contributed by atoms with E-state index in [2.05, 4.69) is 5.32 Å². The van der Waals surface area contributed by atoms with Crippen molar-refractivity contribution in [1.82, 2.24) is 0 Å². The van der Waals surface area contributed by atoms with Crippen LogP contribution >= 0.6 is 0 Å². The molecule has 23 heavy (non-hydrogen) atoms. The van der Waals surface area contributed by atoms with Crippen LogP contribution in [-0.2, 0) is 14.9 Å². The fourth-order valence-electron chi connectivity index (χ4n) is 3.25. The topological polar surface area (TPSA) is 47.6 Å². The molecule has 0 bridgehead atoms. The number of nitrogens with one attached hydrogen (secondary N) is 1. The van der Waals surface area contributed by atoms with Crippen molar-refractivity contribution in [2.75, 3.05) is 18.5 Å². The number of hydrogen-bond donors (Lipinski definition) is 1. The van der Waals surface area contributed by atoms with Gasteiger partial charge in [0.05, 0.1) is 5.41 Å². The third-order valence-corrected chi connectivity index (χ3v) is 4.30. The lowest BCUT2D eigenvalue weighted by molar-refractivity contribution is 0.0564. The molecule has 3 rings (SSSR count). The maximum absolute atomic E-state index is 14.6. The lowest BCUT2D eigenvalue weighted by Gasteiger charge is -2.34. The van der Waals surface area contributed by atoms with Crippen LogP contribution in [0.25, 0.3) is 6.08 Å². The zero-order valence-corrected chi connectivity index (χ0v) is 13.7. The van der Waals surface area contributed by atoms with Gasteiger partial charge in [-0.1, -0.05) is 6.07 Å². The van der Waals surface area contributed by atoms with Gasteiger partial charge in [-0.25, -0.2) is 9.18 Å². The molecule has 1 amide bonds. The monoisotopic (exact) mass is 319 g/mol. The number of hydrogen-bond acceptors (Lipinski definition) is 3. The molecular formula is C18H22FNO3. The lowest BCUT2D eigenvalue weighted by Crippen LogP contribution is -2.33. The highest BCUT2D eigenvalue weighted by Gasteiger charge is 2.43. The van der Waals surface area contributed by atoms with Gasteiger partial charge in [-0.15, -0.1) is 0 Å². The Morgan fingerprint density at radius 2 is 2.00 bits per heavy atom. The lowest BCUT2D eigenvalue weighted by atomic mass is 9.75. The zero-order chi connectivity index (χ0) is 16.7. The molecule has 0 unspecified atom stereocenters. The molecule has 1 spiro atoms. The van der Waals surface area contributed by atoms with Gasteiger partial charge in [-0.05, 0) is 62.9 Å². The van der Waals surface area contributed by atoms with E-state index in [1.54, 1.807) is 18.2 Å². The van der Waals surface area contributed by atoms with E-state index >= 15 is 0 Å². The SMILES string of the molecule is CC(C)(C)OC(=O)Nc1ccc2c(c1)C=C(F)C21CCOCC1. The molecule has 1 aromatic carbocycles. The van der Waals surface area contributed by atoms with Crippen molar-refractivity contribution in [2.45, 2.75) is 44.6 Å². The van der Waals surface area contributed by atoms with E-state index in [1.165, 1.54) is 0 Å². The fourth-order valence-corrected chi connectivity index (χ4v) is 3.25. The van der Waals surface area contributed by atoms with E-state index < -0.39 is 17.1 Å². The van der Waals surface area contributed by atoms with E-state index in [1.807, 2.05) is 26.8 Å². The summed E-state index contributed by atoms with van der Waals surface area (Å²) in [5.41, 5.74) is 1.30. The highest BCUT2D eigenvalue weighted by atomic mass is 19.1. The molecule has 1 aromatic rings. The summed E-state index contributed by atoms with van der Waals surface area (Å²) in [6.45, 7) is 6.56. The Kier molecular flexibility index (Phi) is 3.92. The predicted octanol–water partition coefficient (Wildman–Crippen LogP) is 4.41. The maximum Gasteiger partial charge on any atom is 0.412 e. The minimum absolute atomic E-state index is 0.106. The van der Waals surface area contributed by atoms with Crippen LogP contribution in [-0.4, -0.2) is 24.9 Å². The summed E-state index contributed by atoms with van der Waals surface area (Å²) >= 11 is 0. The van der Waals surface area contributed by atoms with Gasteiger partial charge < -0.3 is 9.47 Å².